The molecular weight excluding hydrogens is 562 g/mol. The number of ether oxygens (including phenoxy) is 1. The molecule has 0 spiro atoms. The van der Waals surface area contributed by atoms with Gasteiger partial charge in [-0.05, 0) is 63.1 Å². The molecule has 0 aromatic heterocycles. The Kier molecular flexibility index (Phi) is 10.8. The molecule has 0 aliphatic carbocycles. The van der Waals surface area contributed by atoms with Crippen LogP contribution >= 0.6 is 11.6 Å². The number of sulfonamides is 1. The highest BCUT2D eigenvalue weighted by atomic mass is 35.5. The maximum absolute atomic E-state index is 14.2. The van der Waals surface area contributed by atoms with Crippen molar-refractivity contribution in [2.24, 2.45) is 0 Å². The number of amides is 2. The van der Waals surface area contributed by atoms with Crippen LogP contribution in [0.15, 0.2) is 78.9 Å². The van der Waals surface area contributed by atoms with E-state index >= 15 is 0 Å². The second-order valence-electron chi connectivity index (χ2n) is 10.8. The van der Waals surface area contributed by atoms with Crippen LogP contribution in [0.2, 0.25) is 5.02 Å². The molecule has 3 rings (SSSR count). The Bertz CT molecular complexity index is 1440. The van der Waals surface area contributed by atoms with Gasteiger partial charge in [0, 0.05) is 23.5 Å². The number of hydrogen-bond donors (Lipinski definition) is 1. The highest BCUT2D eigenvalue weighted by Gasteiger charge is 2.34. The van der Waals surface area contributed by atoms with E-state index in [1.165, 1.54) is 4.90 Å². The fourth-order valence-electron chi connectivity index (χ4n) is 4.37. The van der Waals surface area contributed by atoms with Crippen LogP contribution in [-0.2, 0) is 32.6 Å². The van der Waals surface area contributed by atoms with Gasteiger partial charge in [0.1, 0.15) is 18.3 Å². The number of para-hydroxylation sites is 2. The fraction of sp³-hybridized carbons (Fsp3) is 0.355. The summed E-state index contributed by atoms with van der Waals surface area (Å²) in [7, 11) is -3.92. The molecule has 41 heavy (non-hydrogen) atoms. The first-order valence-electron chi connectivity index (χ1n) is 13.4. The van der Waals surface area contributed by atoms with Crippen LogP contribution in [-0.4, -0.2) is 56.1 Å². The Morgan fingerprint density at radius 3 is 2.20 bits per heavy atom. The Labute approximate surface area is 248 Å². The van der Waals surface area contributed by atoms with Crippen molar-refractivity contribution in [1.82, 2.24) is 10.2 Å². The zero-order valence-electron chi connectivity index (χ0n) is 24.1. The summed E-state index contributed by atoms with van der Waals surface area (Å²) in [5, 5.41) is 3.49. The number of carbonyl (C=O) groups excluding carboxylic acids is 2. The van der Waals surface area contributed by atoms with Crippen molar-refractivity contribution >= 4 is 39.1 Å². The van der Waals surface area contributed by atoms with Crippen molar-refractivity contribution in [3.8, 4) is 5.75 Å². The van der Waals surface area contributed by atoms with Gasteiger partial charge in [0.2, 0.25) is 21.8 Å². The number of nitrogens with one attached hydrogen (secondary N) is 1. The van der Waals surface area contributed by atoms with Crippen molar-refractivity contribution in [3.05, 3.63) is 95.0 Å². The molecule has 1 atom stereocenters. The summed E-state index contributed by atoms with van der Waals surface area (Å²) in [5.74, 6) is -0.565. The fourth-order valence-corrected chi connectivity index (χ4v) is 5.44. The summed E-state index contributed by atoms with van der Waals surface area (Å²) in [5.41, 5.74) is 1.23. The number of rotatable bonds is 12. The molecule has 10 heteroatoms. The first kappa shape index (κ1) is 32.0. The molecule has 0 bridgehead atoms. The van der Waals surface area contributed by atoms with Gasteiger partial charge in [0.05, 0.1) is 18.6 Å². The zero-order chi connectivity index (χ0) is 30.2. The number of hydrogen-bond acceptors (Lipinski definition) is 5. The standard InChI is InChI=1S/C31H38ClN3O5S/c1-6-40-28-18-11-10-17-26(28)35(41(5,38)39)22-29(36)34(21-24-15-12-16-25(32)19-24)27(30(37)33-31(2,3)4)20-23-13-8-7-9-14-23/h7-19,27H,6,20-22H2,1-5H3,(H,33,37). The molecule has 3 aromatic carbocycles. The molecule has 0 aliphatic rings. The van der Waals surface area contributed by atoms with Crippen LogP contribution < -0.4 is 14.4 Å². The summed E-state index contributed by atoms with van der Waals surface area (Å²) in [6.07, 6.45) is 1.27. The van der Waals surface area contributed by atoms with E-state index in [0.717, 1.165) is 16.1 Å². The molecule has 1 unspecified atom stereocenters. The molecule has 3 aromatic rings. The average Bonchev–Trinajstić information content (AvgIpc) is 2.89. The molecule has 220 valence electrons. The van der Waals surface area contributed by atoms with Gasteiger partial charge < -0.3 is 15.0 Å². The minimum Gasteiger partial charge on any atom is -0.492 e. The molecule has 0 fully saturated rings. The van der Waals surface area contributed by atoms with Crippen LogP contribution in [0, 0.1) is 0 Å². The van der Waals surface area contributed by atoms with Gasteiger partial charge in [0.15, 0.2) is 0 Å². The lowest BCUT2D eigenvalue weighted by Gasteiger charge is -2.35. The third-order valence-electron chi connectivity index (χ3n) is 6.12. The van der Waals surface area contributed by atoms with E-state index in [1.54, 1.807) is 49.4 Å². The van der Waals surface area contributed by atoms with Crippen LogP contribution in [0.4, 0.5) is 5.69 Å². The van der Waals surface area contributed by atoms with E-state index in [2.05, 4.69) is 5.32 Å². The maximum atomic E-state index is 14.2. The van der Waals surface area contributed by atoms with Gasteiger partial charge in [0.25, 0.3) is 0 Å². The number of nitrogens with zero attached hydrogens (tertiary/aromatic N) is 2. The largest absolute Gasteiger partial charge is 0.492 e. The van der Waals surface area contributed by atoms with E-state index in [9.17, 15) is 18.0 Å². The van der Waals surface area contributed by atoms with E-state index in [0.29, 0.717) is 22.9 Å². The lowest BCUT2D eigenvalue weighted by molar-refractivity contribution is -0.140. The topological polar surface area (TPSA) is 96.0 Å². The monoisotopic (exact) mass is 599 g/mol. The van der Waals surface area contributed by atoms with Crippen molar-refractivity contribution < 1.29 is 22.7 Å². The minimum atomic E-state index is -3.92. The van der Waals surface area contributed by atoms with Crippen molar-refractivity contribution in [3.63, 3.8) is 0 Å². The quantitative estimate of drug-likeness (QED) is 0.314. The molecule has 8 nitrogen and oxygen atoms in total. The van der Waals surface area contributed by atoms with Crippen LogP contribution in [0.25, 0.3) is 0 Å². The number of anilines is 1. The molecule has 0 aliphatic heterocycles. The Morgan fingerprint density at radius 2 is 1.59 bits per heavy atom. The van der Waals surface area contributed by atoms with E-state index in [1.807, 2.05) is 57.2 Å². The highest BCUT2D eigenvalue weighted by molar-refractivity contribution is 7.92. The van der Waals surface area contributed by atoms with Crippen LogP contribution in [0.1, 0.15) is 38.8 Å². The van der Waals surface area contributed by atoms with E-state index in [4.69, 9.17) is 16.3 Å². The first-order chi connectivity index (χ1) is 19.3. The summed E-state index contributed by atoms with van der Waals surface area (Å²) in [4.78, 5) is 29.4. The van der Waals surface area contributed by atoms with Crippen molar-refractivity contribution in [2.45, 2.75) is 52.2 Å². The lowest BCUT2D eigenvalue weighted by Crippen LogP contribution is -2.56. The minimum absolute atomic E-state index is 0.0408. The summed E-state index contributed by atoms with van der Waals surface area (Å²) in [6, 6.07) is 22.1. The van der Waals surface area contributed by atoms with Gasteiger partial charge in [-0.1, -0.05) is 66.2 Å². The summed E-state index contributed by atoms with van der Waals surface area (Å²) >= 11 is 6.25. The van der Waals surface area contributed by atoms with Gasteiger partial charge in [-0.15, -0.1) is 0 Å². The van der Waals surface area contributed by atoms with Gasteiger partial charge in [-0.25, -0.2) is 8.42 Å². The maximum Gasteiger partial charge on any atom is 0.244 e. The molecule has 2 amide bonds. The molecule has 1 N–H and O–H groups in total. The van der Waals surface area contributed by atoms with Crippen LogP contribution in [0.3, 0.4) is 0 Å². The number of halogens is 1. The number of carbonyl (C=O) groups is 2. The summed E-state index contributed by atoms with van der Waals surface area (Å²) in [6.45, 7) is 7.21. The van der Waals surface area contributed by atoms with Crippen LogP contribution in [0.5, 0.6) is 5.75 Å². The Balaban J connectivity index is 2.10. The second kappa shape index (κ2) is 13.9. The summed E-state index contributed by atoms with van der Waals surface area (Å²) < 4.78 is 32.8. The first-order valence-corrected chi connectivity index (χ1v) is 15.6. The molecule has 0 saturated heterocycles. The Morgan fingerprint density at radius 1 is 0.951 bits per heavy atom. The van der Waals surface area contributed by atoms with Crippen molar-refractivity contribution in [2.75, 3.05) is 23.7 Å². The SMILES string of the molecule is CCOc1ccccc1N(CC(=O)N(Cc1cccc(Cl)c1)C(Cc1ccccc1)C(=O)NC(C)(C)C)S(C)(=O)=O. The Hall–Kier alpha value is -3.56. The zero-order valence-corrected chi connectivity index (χ0v) is 25.7. The predicted molar refractivity (Wildman–Crippen MR) is 164 cm³/mol. The van der Waals surface area contributed by atoms with Gasteiger partial charge in [-0.3, -0.25) is 13.9 Å². The average molecular weight is 600 g/mol. The van der Waals surface area contributed by atoms with E-state index < -0.39 is 34.1 Å². The van der Waals surface area contributed by atoms with E-state index in [-0.39, 0.29) is 24.6 Å². The normalized spacial score (nSPS) is 12.3. The molecule has 0 heterocycles. The smallest absolute Gasteiger partial charge is 0.244 e. The predicted octanol–water partition coefficient (Wildman–Crippen LogP) is 5.06. The molecular formula is C31H38ClN3O5S. The third kappa shape index (κ3) is 9.50. The second-order valence-corrected chi connectivity index (χ2v) is 13.1. The van der Waals surface area contributed by atoms with Gasteiger partial charge >= 0.3 is 0 Å². The highest BCUT2D eigenvalue weighted by Crippen LogP contribution is 2.30. The van der Waals surface area contributed by atoms with Gasteiger partial charge in [-0.2, -0.15) is 0 Å². The third-order valence-corrected chi connectivity index (χ3v) is 7.49. The lowest BCUT2D eigenvalue weighted by atomic mass is 10.0. The molecule has 0 saturated carbocycles. The molecule has 0 radical (unpaired) electrons. The number of benzene rings is 3. The van der Waals surface area contributed by atoms with Crippen molar-refractivity contribution in [1.29, 1.82) is 0 Å².